The summed E-state index contributed by atoms with van der Waals surface area (Å²) in [6, 6.07) is 93.3. The van der Waals surface area contributed by atoms with Gasteiger partial charge in [0.15, 0.2) is 6.17 Å². The summed E-state index contributed by atoms with van der Waals surface area (Å²) >= 11 is 0. The van der Waals surface area contributed by atoms with Crippen LogP contribution in [0.25, 0.3) is 66.1 Å². The molecule has 2 heterocycles. The molecule has 5 nitrogen and oxygen atoms in total. The molecule has 0 saturated carbocycles. The van der Waals surface area contributed by atoms with E-state index >= 15 is 0 Å². The third-order valence-electron chi connectivity index (χ3n) is 14.0. The highest BCUT2D eigenvalue weighted by Gasteiger charge is 2.31. The molecule has 0 aromatic heterocycles. The Kier molecular flexibility index (Phi) is 10.6. The molecular weight excluding hydrogens is 863 g/mol. The lowest BCUT2D eigenvalue weighted by molar-refractivity contribution is 0.756. The second-order valence-electron chi connectivity index (χ2n) is 18.2. The standard InChI is InChI=1S/C66H47N5/c1-4-16-44(17-5-1)45-28-34-49(35-29-45)64-68-63(48-18-6-2-7-19-48)69-65(70-64)50-36-30-46(31-37-50)53-40-42-59(57-24-12-10-22-55(53)57)60-43-41-54(56-23-11-13-25-58(56)60)47-32-38-51(39-33-47)66-67-61-26-14-15-27-62(61)71(66)52-20-8-3-9-21-52/h1-43,65-67H,(H,68,69,70). The third kappa shape index (κ3) is 7.80. The molecule has 13 rings (SSSR count). The maximum atomic E-state index is 5.20. The van der Waals surface area contributed by atoms with Crippen LogP contribution >= 0.6 is 0 Å². The van der Waals surface area contributed by atoms with Crippen LogP contribution in [0.5, 0.6) is 0 Å². The van der Waals surface area contributed by atoms with Gasteiger partial charge in [-0.15, -0.1) is 0 Å². The van der Waals surface area contributed by atoms with Gasteiger partial charge in [-0.3, -0.25) is 0 Å². The van der Waals surface area contributed by atoms with Gasteiger partial charge in [0.25, 0.3) is 0 Å². The first-order valence-electron chi connectivity index (χ1n) is 24.3. The lowest BCUT2D eigenvalue weighted by atomic mass is 9.88. The van der Waals surface area contributed by atoms with Gasteiger partial charge >= 0.3 is 0 Å². The number of aliphatic imine (C=N–C) groups is 2. The molecule has 11 aromatic carbocycles. The van der Waals surface area contributed by atoms with Gasteiger partial charge < -0.3 is 15.5 Å². The quantitative estimate of drug-likeness (QED) is 0.152. The molecule has 2 aliphatic rings. The molecule has 5 heteroatoms. The van der Waals surface area contributed by atoms with Crippen molar-refractivity contribution in [1.82, 2.24) is 5.32 Å². The Morgan fingerprint density at radius 2 is 0.704 bits per heavy atom. The van der Waals surface area contributed by atoms with Gasteiger partial charge in [-0.05, 0) is 101 Å². The Morgan fingerprint density at radius 3 is 1.27 bits per heavy atom. The van der Waals surface area contributed by atoms with E-state index < -0.39 is 6.17 Å². The Bertz CT molecular complexity index is 3790. The molecule has 0 spiro atoms. The number of fused-ring (bicyclic) bond motifs is 3. The maximum absolute atomic E-state index is 5.20. The number of benzene rings is 11. The molecule has 2 atom stereocenters. The van der Waals surface area contributed by atoms with Crippen molar-refractivity contribution in [2.24, 2.45) is 9.98 Å². The molecule has 0 amide bonds. The van der Waals surface area contributed by atoms with Crippen LogP contribution in [-0.4, -0.2) is 11.7 Å². The molecule has 71 heavy (non-hydrogen) atoms. The predicted molar refractivity (Wildman–Crippen MR) is 296 cm³/mol. The van der Waals surface area contributed by atoms with Gasteiger partial charge in [0.05, 0.1) is 11.4 Å². The molecule has 0 radical (unpaired) electrons. The molecular formula is C66H47N5. The summed E-state index contributed by atoms with van der Waals surface area (Å²) < 4.78 is 0. The molecule has 2 unspecified atom stereocenters. The van der Waals surface area contributed by atoms with Gasteiger partial charge in [0.1, 0.15) is 17.8 Å². The second kappa shape index (κ2) is 18.0. The van der Waals surface area contributed by atoms with Crippen molar-refractivity contribution in [2.45, 2.75) is 12.3 Å². The average Bonchev–Trinajstić information content (AvgIpc) is 3.85. The number of hydrogen-bond acceptors (Lipinski definition) is 5. The van der Waals surface area contributed by atoms with Crippen LogP contribution in [0.2, 0.25) is 0 Å². The van der Waals surface area contributed by atoms with E-state index in [2.05, 4.69) is 252 Å². The van der Waals surface area contributed by atoms with E-state index in [1.54, 1.807) is 0 Å². The van der Waals surface area contributed by atoms with Crippen LogP contribution < -0.4 is 15.5 Å². The van der Waals surface area contributed by atoms with Crippen LogP contribution in [-0.2, 0) is 0 Å². The zero-order valence-electron chi connectivity index (χ0n) is 38.8. The number of nitrogens with one attached hydrogen (secondary N) is 2. The van der Waals surface area contributed by atoms with E-state index in [1.165, 1.54) is 71.7 Å². The van der Waals surface area contributed by atoms with Crippen molar-refractivity contribution in [3.63, 3.8) is 0 Å². The van der Waals surface area contributed by atoms with Gasteiger partial charge in [-0.2, -0.15) is 0 Å². The summed E-state index contributed by atoms with van der Waals surface area (Å²) in [6.07, 6.45) is -0.434. The van der Waals surface area contributed by atoms with E-state index in [-0.39, 0.29) is 6.17 Å². The van der Waals surface area contributed by atoms with E-state index in [4.69, 9.17) is 9.98 Å². The molecule has 2 N–H and O–H groups in total. The average molecular weight is 910 g/mol. The molecule has 11 aromatic rings. The highest BCUT2D eigenvalue weighted by molar-refractivity contribution is 6.16. The SMILES string of the molecule is c1ccc(C2=NC(c3ccc(-c4ccc(-c5ccc(-c6ccc(C7Nc8ccccc8N7c7ccccc7)cc6)c6ccccc56)c5ccccc45)cc3)N=C(c3ccc(-c4ccccc4)cc3)N2)cc1. The molecule has 0 bridgehead atoms. The smallest absolute Gasteiger partial charge is 0.169 e. The first kappa shape index (κ1) is 41.8. The number of nitrogens with zero attached hydrogens (tertiary/aromatic N) is 3. The van der Waals surface area contributed by atoms with E-state index in [9.17, 15) is 0 Å². The fourth-order valence-corrected chi connectivity index (χ4v) is 10.5. The summed E-state index contributed by atoms with van der Waals surface area (Å²) in [5, 5.41) is 12.2. The number of rotatable bonds is 9. The summed E-state index contributed by atoms with van der Waals surface area (Å²) in [6.45, 7) is 0. The van der Waals surface area contributed by atoms with Gasteiger partial charge in [-0.25, -0.2) is 9.98 Å². The summed E-state index contributed by atoms with van der Waals surface area (Å²) in [5.41, 5.74) is 17.2. The van der Waals surface area contributed by atoms with Crippen LogP contribution in [0.1, 0.15) is 34.6 Å². The minimum absolute atomic E-state index is 0.0220. The van der Waals surface area contributed by atoms with Gasteiger partial charge in [0, 0.05) is 16.8 Å². The van der Waals surface area contributed by atoms with Crippen molar-refractivity contribution >= 4 is 50.3 Å². The lowest BCUT2D eigenvalue weighted by Crippen LogP contribution is -2.36. The maximum Gasteiger partial charge on any atom is 0.169 e. The molecule has 0 fully saturated rings. The Labute approximate surface area is 413 Å². The molecule has 336 valence electrons. The van der Waals surface area contributed by atoms with Crippen LogP contribution in [0, 0.1) is 0 Å². The first-order chi connectivity index (χ1) is 35.2. The minimum atomic E-state index is -0.412. The Morgan fingerprint density at radius 1 is 0.310 bits per heavy atom. The minimum Gasteiger partial charge on any atom is -0.359 e. The number of hydrogen-bond donors (Lipinski definition) is 2. The summed E-state index contributed by atoms with van der Waals surface area (Å²) in [7, 11) is 0. The van der Waals surface area contributed by atoms with Crippen molar-refractivity contribution in [2.75, 3.05) is 10.2 Å². The van der Waals surface area contributed by atoms with Crippen molar-refractivity contribution in [3.8, 4) is 44.5 Å². The van der Waals surface area contributed by atoms with Crippen molar-refractivity contribution in [1.29, 1.82) is 0 Å². The normalized spacial score (nSPS) is 15.1. The topological polar surface area (TPSA) is 52.0 Å². The lowest BCUT2D eigenvalue weighted by Gasteiger charge is -2.27. The molecule has 2 aliphatic heterocycles. The van der Waals surface area contributed by atoms with Crippen LogP contribution in [0.15, 0.2) is 271 Å². The van der Waals surface area contributed by atoms with E-state index in [0.29, 0.717) is 0 Å². The number of amidine groups is 2. The first-order valence-corrected chi connectivity index (χ1v) is 24.3. The van der Waals surface area contributed by atoms with Gasteiger partial charge in [0.2, 0.25) is 0 Å². The Balaban J connectivity index is 0.810. The fourth-order valence-electron chi connectivity index (χ4n) is 10.5. The predicted octanol–water partition coefficient (Wildman–Crippen LogP) is 16.4. The largest absolute Gasteiger partial charge is 0.359 e. The van der Waals surface area contributed by atoms with Crippen molar-refractivity contribution in [3.05, 3.63) is 283 Å². The summed E-state index contributed by atoms with van der Waals surface area (Å²) in [4.78, 5) is 12.8. The zero-order valence-corrected chi connectivity index (χ0v) is 38.8. The van der Waals surface area contributed by atoms with Gasteiger partial charge in [-0.1, -0.05) is 237 Å². The van der Waals surface area contributed by atoms with E-state index in [0.717, 1.165) is 45.3 Å². The number of para-hydroxylation sites is 3. The third-order valence-corrected chi connectivity index (χ3v) is 14.0. The Hall–Kier alpha value is -9.32. The molecule has 0 aliphatic carbocycles. The molecule has 0 saturated heterocycles. The zero-order chi connectivity index (χ0) is 47.1. The van der Waals surface area contributed by atoms with Crippen molar-refractivity contribution < 1.29 is 0 Å². The second-order valence-corrected chi connectivity index (χ2v) is 18.2. The fraction of sp³-hybridized carbons (Fsp3) is 0.0303. The van der Waals surface area contributed by atoms with E-state index in [1.807, 2.05) is 24.3 Å². The van der Waals surface area contributed by atoms with Crippen LogP contribution in [0.4, 0.5) is 17.1 Å². The monoisotopic (exact) mass is 909 g/mol. The highest BCUT2D eigenvalue weighted by Crippen LogP contribution is 2.47. The van der Waals surface area contributed by atoms with Crippen LogP contribution in [0.3, 0.4) is 0 Å². The number of anilines is 3. The summed E-state index contributed by atoms with van der Waals surface area (Å²) in [5.74, 6) is 1.60. The highest BCUT2D eigenvalue weighted by atomic mass is 15.3.